The first kappa shape index (κ1) is 14.6. The van der Waals surface area contributed by atoms with Gasteiger partial charge in [-0.1, -0.05) is 6.07 Å². The van der Waals surface area contributed by atoms with E-state index in [1.807, 2.05) is 18.3 Å². The van der Waals surface area contributed by atoms with Gasteiger partial charge in [0.05, 0.1) is 18.7 Å². The van der Waals surface area contributed by atoms with Gasteiger partial charge in [0.25, 0.3) is 0 Å². The van der Waals surface area contributed by atoms with Crippen LogP contribution in [0.3, 0.4) is 0 Å². The van der Waals surface area contributed by atoms with Crippen LogP contribution in [0.4, 0.5) is 4.79 Å². The molecule has 19 heavy (non-hydrogen) atoms. The number of carbonyl (C=O) groups is 3. The van der Waals surface area contributed by atoms with Gasteiger partial charge in [-0.2, -0.15) is 0 Å². The van der Waals surface area contributed by atoms with Crippen LogP contribution in [-0.4, -0.2) is 28.0 Å². The molecule has 7 nitrogen and oxygen atoms in total. The van der Waals surface area contributed by atoms with Crippen molar-refractivity contribution in [1.29, 1.82) is 0 Å². The van der Waals surface area contributed by atoms with Gasteiger partial charge >= 0.3 is 12.0 Å². The van der Waals surface area contributed by atoms with E-state index < -0.39 is 17.9 Å². The van der Waals surface area contributed by atoms with Crippen molar-refractivity contribution in [1.82, 2.24) is 15.6 Å². The highest BCUT2D eigenvalue weighted by molar-refractivity contribution is 5.95. The number of urea groups is 1. The first-order valence-electron chi connectivity index (χ1n) is 5.69. The second kappa shape index (κ2) is 7.10. The number of rotatable bonds is 5. The summed E-state index contributed by atoms with van der Waals surface area (Å²) in [6.07, 6.45) is 1.07. The summed E-state index contributed by atoms with van der Waals surface area (Å²) in [7, 11) is 0. The number of imide groups is 1. The number of hydrogen-bond acceptors (Lipinski definition) is 4. The average molecular weight is 265 g/mol. The number of aromatic nitrogens is 1. The molecule has 0 spiro atoms. The molecule has 3 N–H and O–H groups in total. The molecule has 0 aliphatic carbocycles. The molecule has 1 rings (SSSR count). The van der Waals surface area contributed by atoms with Gasteiger partial charge in [-0.15, -0.1) is 0 Å². The Labute approximate surface area is 110 Å². The Hall–Kier alpha value is -2.44. The van der Waals surface area contributed by atoms with Gasteiger partial charge < -0.3 is 10.4 Å². The van der Waals surface area contributed by atoms with Crippen LogP contribution in [0.5, 0.6) is 0 Å². The van der Waals surface area contributed by atoms with Crippen LogP contribution in [0.2, 0.25) is 0 Å². The number of nitrogens with zero attached hydrogens (tertiary/aromatic N) is 1. The molecule has 0 radical (unpaired) electrons. The maximum atomic E-state index is 11.4. The number of nitrogens with one attached hydrogen (secondary N) is 2. The maximum Gasteiger partial charge on any atom is 0.321 e. The first-order chi connectivity index (χ1) is 8.99. The van der Waals surface area contributed by atoms with Gasteiger partial charge in [-0.25, -0.2) is 4.79 Å². The molecular formula is C12H15N3O4. The van der Waals surface area contributed by atoms with E-state index in [9.17, 15) is 14.4 Å². The normalized spacial score (nSPS) is 9.74. The summed E-state index contributed by atoms with van der Waals surface area (Å²) in [5, 5.41) is 12.9. The van der Waals surface area contributed by atoms with Crippen molar-refractivity contribution < 1.29 is 19.5 Å². The second-order valence-electron chi connectivity index (χ2n) is 3.89. The third kappa shape index (κ3) is 5.62. The second-order valence-corrected chi connectivity index (χ2v) is 3.89. The fourth-order valence-corrected chi connectivity index (χ4v) is 1.32. The lowest BCUT2D eigenvalue weighted by Gasteiger charge is -2.07. The minimum Gasteiger partial charge on any atom is -0.481 e. The van der Waals surface area contributed by atoms with Crippen LogP contribution in [0.1, 0.15) is 24.1 Å². The van der Waals surface area contributed by atoms with E-state index in [0.29, 0.717) is 5.69 Å². The third-order valence-corrected chi connectivity index (χ3v) is 2.35. The molecule has 102 valence electrons. The maximum absolute atomic E-state index is 11.4. The van der Waals surface area contributed by atoms with Crippen LogP contribution in [0.15, 0.2) is 18.3 Å². The average Bonchev–Trinajstić information content (AvgIpc) is 2.35. The quantitative estimate of drug-likeness (QED) is 0.721. The number of pyridine rings is 1. The zero-order chi connectivity index (χ0) is 14.3. The van der Waals surface area contributed by atoms with Crippen molar-refractivity contribution in [2.24, 2.45) is 0 Å². The lowest BCUT2D eigenvalue weighted by Crippen LogP contribution is -2.39. The minimum absolute atomic E-state index is 0.199. The van der Waals surface area contributed by atoms with Crippen molar-refractivity contribution in [2.45, 2.75) is 26.3 Å². The third-order valence-electron chi connectivity index (χ3n) is 2.35. The number of carboxylic acids is 1. The number of carbonyl (C=O) groups excluding carboxylic acids is 2. The highest BCUT2D eigenvalue weighted by Gasteiger charge is 2.09. The Bertz CT molecular complexity index is 488. The molecule has 0 aromatic carbocycles. The Balaban J connectivity index is 2.34. The molecule has 1 aromatic rings. The lowest BCUT2D eigenvalue weighted by atomic mass is 10.2. The molecule has 0 bridgehead atoms. The summed E-state index contributed by atoms with van der Waals surface area (Å²) in [6, 6.07) is 2.98. The van der Waals surface area contributed by atoms with E-state index in [1.165, 1.54) is 0 Å². The minimum atomic E-state index is -1.08. The Morgan fingerprint density at radius 1 is 1.32 bits per heavy atom. The van der Waals surface area contributed by atoms with Crippen LogP contribution >= 0.6 is 0 Å². The van der Waals surface area contributed by atoms with Gasteiger partial charge in [0.1, 0.15) is 0 Å². The van der Waals surface area contributed by atoms with E-state index in [2.05, 4.69) is 10.3 Å². The van der Waals surface area contributed by atoms with E-state index in [0.717, 1.165) is 5.56 Å². The van der Waals surface area contributed by atoms with Crippen molar-refractivity contribution >= 4 is 17.9 Å². The van der Waals surface area contributed by atoms with Gasteiger partial charge in [0.15, 0.2) is 0 Å². The zero-order valence-corrected chi connectivity index (χ0v) is 10.5. The summed E-state index contributed by atoms with van der Waals surface area (Å²) in [5.41, 5.74) is 1.63. The molecule has 1 heterocycles. The van der Waals surface area contributed by atoms with Crippen molar-refractivity contribution in [3.05, 3.63) is 29.6 Å². The van der Waals surface area contributed by atoms with Gasteiger partial charge in [-0.3, -0.25) is 19.9 Å². The summed E-state index contributed by atoms with van der Waals surface area (Å²) in [6.45, 7) is 2.06. The highest BCUT2D eigenvalue weighted by atomic mass is 16.4. The molecule has 0 saturated heterocycles. The predicted octanol–water partition coefficient (Wildman–Crippen LogP) is 0.581. The number of carboxylic acid groups (broad SMARTS) is 1. The standard InChI is InChI=1S/C12H15N3O4/c1-8-3-2-6-13-9(8)7-14-12(19)15-10(16)4-5-11(17)18/h2-3,6H,4-5,7H2,1H3,(H,17,18)(H2,14,15,16,19). The van der Waals surface area contributed by atoms with E-state index in [1.54, 1.807) is 12.3 Å². The lowest BCUT2D eigenvalue weighted by molar-refractivity contribution is -0.138. The monoisotopic (exact) mass is 265 g/mol. The van der Waals surface area contributed by atoms with E-state index in [-0.39, 0.29) is 19.4 Å². The number of aryl methyl sites for hydroxylation is 1. The Morgan fingerprint density at radius 2 is 2.05 bits per heavy atom. The molecule has 1 aromatic heterocycles. The fourth-order valence-electron chi connectivity index (χ4n) is 1.32. The predicted molar refractivity (Wildman–Crippen MR) is 66.2 cm³/mol. The molecule has 0 saturated carbocycles. The van der Waals surface area contributed by atoms with Crippen molar-refractivity contribution in [3.63, 3.8) is 0 Å². The summed E-state index contributed by atoms with van der Waals surface area (Å²) in [4.78, 5) is 36.9. The summed E-state index contributed by atoms with van der Waals surface area (Å²) in [5.74, 6) is -1.71. The highest BCUT2D eigenvalue weighted by Crippen LogP contribution is 2.01. The zero-order valence-electron chi connectivity index (χ0n) is 10.5. The van der Waals surface area contributed by atoms with E-state index in [4.69, 9.17) is 5.11 Å². The van der Waals surface area contributed by atoms with Crippen LogP contribution in [0.25, 0.3) is 0 Å². The molecular weight excluding hydrogens is 250 g/mol. The summed E-state index contributed by atoms with van der Waals surface area (Å²) < 4.78 is 0. The molecule has 3 amide bonds. The molecule has 0 atom stereocenters. The van der Waals surface area contributed by atoms with Crippen molar-refractivity contribution in [2.75, 3.05) is 0 Å². The molecule has 0 unspecified atom stereocenters. The fraction of sp³-hybridized carbons (Fsp3) is 0.333. The number of amides is 3. The van der Waals surface area contributed by atoms with Crippen molar-refractivity contribution in [3.8, 4) is 0 Å². The van der Waals surface area contributed by atoms with E-state index >= 15 is 0 Å². The van der Waals surface area contributed by atoms with Crippen LogP contribution < -0.4 is 10.6 Å². The van der Waals surface area contributed by atoms with Gasteiger partial charge in [0.2, 0.25) is 5.91 Å². The molecule has 0 fully saturated rings. The van der Waals surface area contributed by atoms with Gasteiger partial charge in [0, 0.05) is 12.6 Å². The molecule has 7 heteroatoms. The molecule has 0 aliphatic rings. The number of hydrogen-bond donors (Lipinski definition) is 3. The smallest absolute Gasteiger partial charge is 0.321 e. The van der Waals surface area contributed by atoms with Crippen LogP contribution in [-0.2, 0) is 16.1 Å². The molecule has 0 aliphatic heterocycles. The van der Waals surface area contributed by atoms with Gasteiger partial charge in [-0.05, 0) is 18.6 Å². The van der Waals surface area contributed by atoms with Crippen LogP contribution in [0, 0.1) is 6.92 Å². The topological polar surface area (TPSA) is 108 Å². The Morgan fingerprint density at radius 3 is 2.68 bits per heavy atom. The SMILES string of the molecule is Cc1cccnc1CNC(=O)NC(=O)CCC(=O)O. The number of aliphatic carboxylic acids is 1. The Kier molecular flexibility index (Phi) is 5.46. The summed E-state index contributed by atoms with van der Waals surface area (Å²) >= 11 is 0. The first-order valence-corrected chi connectivity index (χ1v) is 5.69. The largest absolute Gasteiger partial charge is 0.481 e.